The number of rotatable bonds is 8. The zero-order chi connectivity index (χ0) is 13.2. The van der Waals surface area contributed by atoms with Crippen LogP contribution in [0.4, 0.5) is 0 Å². The maximum atomic E-state index is 11.5. The van der Waals surface area contributed by atoms with Gasteiger partial charge in [0, 0.05) is 26.2 Å². The average Bonchev–Trinajstić information content (AvgIpc) is 2.38. The molecular weight excluding hydrogens is 230 g/mol. The first-order valence-corrected chi connectivity index (χ1v) is 6.34. The first-order valence-electron chi connectivity index (χ1n) is 6.34. The highest BCUT2D eigenvalue weighted by Gasteiger charge is 2.01. The van der Waals surface area contributed by atoms with E-state index in [1.807, 2.05) is 19.1 Å². The van der Waals surface area contributed by atoms with Crippen LogP contribution in [-0.2, 0) is 16.0 Å². The molecule has 0 fully saturated rings. The third kappa shape index (κ3) is 6.25. The summed E-state index contributed by atoms with van der Waals surface area (Å²) in [6.07, 6.45) is 2.01. The van der Waals surface area contributed by atoms with Crippen LogP contribution in [0, 0.1) is 0 Å². The number of hydrogen-bond acceptors (Lipinski definition) is 3. The van der Waals surface area contributed by atoms with Crippen LogP contribution < -0.4 is 5.32 Å². The molecular formula is C14H21NO3. The second-order valence-electron chi connectivity index (χ2n) is 4.07. The van der Waals surface area contributed by atoms with E-state index in [-0.39, 0.29) is 11.7 Å². The smallest absolute Gasteiger partial charge is 0.220 e. The van der Waals surface area contributed by atoms with Gasteiger partial charge in [-0.2, -0.15) is 0 Å². The molecule has 0 aliphatic rings. The molecule has 0 aliphatic heterocycles. The number of hydrogen-bond donors (Lipinski definition) is 2. The SMILES string of the molecule is CCOCCCNC(=O)CCc1ccc(O)cc1. The van der Waals surface area contributed by atoms with Crippen molar-refractivity contribution in [1.29, 1.82) is 0 Å². The second kappa shape index (κ2) is 8.53. The summed E-state index contributed by atoms with van der Waals surface area (Å²) in [6.45, 7) is 4.02. The average molecular weight is 251 g/mol. The largest absolute Gasteiger partial charge is 0.508 e. The van der Waals surface area contributed by atoms with Crippen molar-refractivity contribution in [3.05, 3.63) is 29.8 Å². The molecule has 1 aromatic rings. The van der Waals surface area contributed by atoms with E-state index in [4.69, 9.17) is 9.84 Å². The predicted molar refractivity (Wildman–Crippen MR) is 70.5 cm³/mol. The zero-order valence-electron chi connectivity index (χ0n) is 10.8. The molecule has 0 radical (unpaired) electrons. The number of carbonyl (C=O) groups is 1. The summed E-state index contributed by atoms with van der Waals surface area (Å²) in [5.74, 6) is 0.304. The van der Waals surface area contributed by atoms with E-state index in [0.717, 1.165) is 18.6 Å². The molecule has 0 atom stereocenters. The first-order chi connectivity index (χ1) is 8.72. The first kappa shape index (κ1) is 14.5. The Morgan fingerprint density at radius 3 is 2.72 bits per heavy atom. The van der Waals surface area contributed by atoms with Crippen LogP contribution in [0.5, 0.6) is 5.75 Å². The molecule has 0 unspecified atom stereocenters. The maximum absolute atomic E-state index is 11.5. The molecule has 0 spiro atoms. The normalized spacial score (nSPS) is 10.3. The molecule has 0 saturated carbocycles. The zero-order valence-corrected chi connectivity index (χ0v) is 10.8. The van der Waals surface area contributed by atoms with E-state index < -0.39 is 0 Å². The number of aromatic hydroxyl groups is 1. The van der Waals surface area contributed by atoms with E-state index in [1.165, 1.54) is 0 Å². The van der Waals surface area contributed by atoms with Crippen LogP contribution >= 0.6 is 0 Å². The quantitative estimate of drug-likeness (QED) is 0.693. The fraction of sp³-hybridized carbons (Fsp3) is 0.500. The van der Waals surface area contributed by atoms with Crippen LogP contribution in [0.25, 0.3) is 0 Å². The van der Waals surface area contributed by atoms with Gasteiger partial charge in [-0.05, 0) is 37.5 Å². The Hall–Kier alpha value is -1.55. The molecule has 4 heteroatoms. The molecule has 18 heavy (non-hydrogen) atoms. The molecule has 0 bridgehead atoms. The lowest BCUT2D eigenvalue weighted by molar-refractivity contribution is -0.121. The van der Waals surface area contributed by atoms with E-state index in [1.54, 1.807) is 12.1 Å². The molecule has 0 aromatic heterocycles. The number of aryl methyl sites for hydroxylation is 1. The minimum atomic E-state index is 0.0552. The summed E-state index contributed by atoms with van der Waals surface area (Å²) >= 11 is 0. The summed E-state index contributed by atoms with van der Waals surface area (Å²) in [5.41, 5.74) is 1.05. The lowest BCUT2D eigenvalue weighted by atomic mass is 10.1. The van der Waals surface area contributed by atoms with Crippen molar-refractivity contribution in [2.75, 3.05) is 19.8 Å². The van der Waals surface area contributed by atoms with E-state index >= 15 is 0 Å². The molecule has 2 N–H and O–H groups in total. The van der Waals surface area contributed by atoms with Crippen molar-refractivity contribution in [2.45, 2.75) is 26.2 Å². The van der Waals surface area contributed by atoms with Gasteiger partial charge in [-0.3, -0.25) is 4.79 Å². The summed E-state index contributed by atoms with van der Waals surface area (Å²) in [6, 6.07) is 6.93. The third-order valence-corrected chi connectivity index (χ3v) is 2.57. The van der Waals surface area contributed by atoms with Crippen molar-refractivity contribution in [1.82, 2.24) is 5.32 Å². The van der Waals surface area contributed by atoms with Gasteiger partial charge in [0.05, 0.1) is 0 Å². The van der Waals surface area contributed by atoms with Gasteiger partial charge in [0.15, 0.2) is 0 Å². The van der Waals surface area contributed by atoms with Crippen LogP contribution in [-0.4, -0.2) is 30.8 Å². The number of phenolic OH excluding ortho intramolecular Hbond substituents is 1. The minimum absolute atomic E-state index is 0.0552. The van der Waals surface area contributed by atoms with Crippen LogP contribution in [0.2, 0.25) is 0 Å². The van der Waals surface area contributed by atoms with Gasteiger partial charge in [-0.15, -0.1) is 0 Å². The Balaban J connectivity index is 2.11. The third-order valence-electron chi connectivity index (χ3n) is 2.57. The molecule has 100 valence electrons. The minimum Gasteiger partial charge on any atom is -0.508 e. The predicted octanol–water partition coefficient (Wildman–Crippen LogP) is 1.87. The van der Waals surface area contributed by atoms with Gasteiger partial charge in [0.2, 0.25) is 5.91 Å². The fourth-order valence-corrected chi connectivity index (χ4v) is 1.56. The van der Waals surface area contributed by atoms with Gasteiger partial charge in [0.25, 0.3) is 0 Å². The highest BCUT2D eigenvalue weighted by Crippen LogP contribution is 2.10. The Morgan fingerprint density at radius 1 is 1.33 bits per heavy atom. The van der Waals surface area contributed by atoms with Crippen molar-refractivity contribution in [2.24, 2.45) is 0 Å². The molecule has 1 aromatic carbocycles. The number of ether oxygens (including phenoxy) is 1. The number of amides is 1. The summed E-state index contributed by atoms with van der Waals surface area (Å²) in [4.78, 5) is 11.5. The Kier molecular flexibility index (Phi) is 6.87. The molecule has 1 amide bonds. The van der Waals surface area contributed by atoms with Crippen molar-refractivity contribution < 1.29 is 14.6 Å². The summed E-state index contributed by atoms with van der Waals surface area (Å²) < 4.78 is 5.18. The topological polar surface area (TPSA) is 58.6 Å². The van der Waals surface area contributed by atoms with Crippen LogP contribution in [0.15, 0.2) is 24.3 Å². The van der Waals surface area contributed by atoms with E-state index in [2.05, 4.69) is 5.32 Å². The Labute approximate surface area is 108 Å². The highest BCUT2D eigenvalue weighted by atomic mass is 16.5. The van der Waals surface area contributed by atoms with Gasteiger partial charge in [-0.25, -0.2) is 0 Å². The standard InChI is InChI=1S/C14H21NO3/c1-2-18-11-3-10-15-14(17)9-6-12-4-7-13(16)8-5-12/h4-5,7-8,16H,2-3,6,9-11H2,1H3,(H,15,17). The fourth-order valence-electron chi connectivity index (χ4n) is 1.56. The number of carbonyl (C=O) groups excluding carboxylic acids is 1. The summed E-state index contributed by atoms with van der Waals surface area (Å²) in [5, 5.41) is 12.0. The lowest BCUT2D eigenvalue weighted by Gasteiger charge is -2.05. The summed E-state index contributed by atoms with van der Waals surface area (Å²) in [7, 11) is 0. The van der Waals surface area contributed by atoms with E-state index in [9.17, 15) is 4.79 Å². The van der Waals surface area contributed by atoms with Gasteiger partial charge < -0.3 is 15.2 Å². The monoisotopic (exact) mass is 251 g/mol. The van der Waals surface area contributed by atoms with Crippen LogP contribution in [0.1, 0.15) is 25.3 Å². The van der Waals surface area contributed by atoms with Crippen LogP contribution in [0.3, 0.4) is 0 Å². The van der Waals surface area contributed by atoms with E-state index in [0.29, 0.717) is 26.0 Å². The molecule has 1 rings (SSSR count). The van der Waals surface area contributed by atoms with Gasteiger partial charge in [0.1, 0.15) is 5.75 Å². The lowest BCUT2D eigenvalue weighted by Crippen LogP contribution is -2.25. The Morgan fingerprint density at radius 2 is 2.06 bits per heavy atom. The number of phenols is 1. The molecule has 0 aliphatic carbocycles. The molecule has 4 nitrogen and oxygen atoms in total. The molecule has 0 saturated heterocycles. The van der Waals surface area contributed by atoms with Crippen molar-refractivity contribution >= 4 is 5.91 Å². The van der Waals surface area contributed by atoms with Crippen molar-refractivity contribution in [3.8, 4) is 5.75 Å². The number of nitrogens with one attached hydrogen (secondary N) is 1. The van der Waals surface area contributed by atoms with Crippen molar-refractivity contribution in [3.63, 3.8) is 0 Å². The maximum Gasteiger partial charge on any atom is 0.220 e. The highest BCUT2D eigenvalue weighted by molar-refractivity contribution is 5.76. The van der Waals surface area contributed by atoms with Gasteiger partial charge >= 0.3 is 0 Å². The van der Waals surface area contributed by atoms with Gasteiger partial charge in [-0.1, -0.05) is 12.1 Å². The second-order valence-corrected chi connectivity index (χ2v) is 4.07. The number of benzene rings is 1. The Bertz CT molecular complexity index is 349. The molecule has 0 heterocycles.